The van der Waals surface area contributed by atoms with Crippen LogP contribution in [0.3, 0.4) is 0 Å². The first kappa shape index (κ1) is 13.1. The minimum absolute atomic E-state index is 0.0960. The van der Waals surface area contributed by atoms with Gasteiger partial charge in [-0.05, 0) is 43.7 Å². The van der Waals surface area contributed by atoms with Crippen molar-refractivity contribution in [3.63, 3.8) is 0 Å². The maximum absolute atomic E-state index is 12.4. The molecule has 3 heteroatoms. The molecule has 0 saturated heterocycles. The van der Waals surface area contributed by atoms with Crippen molar-refractivity contribution >= 4 is 17.3 Å². The number of anilines is 2. The zero-order chi connectivity index (χ0) is 14.0. The Morgan fingerprint density at radius 1 is 1.00 bits per heavy atom. The van der Waals surface area contributed by atoms with Crippen LogP contribution in [0.4, 0.5) is 11.4 Å². The average molecular weight is 254 g/mol. The first-order valence-electron chi connectivity index (χ1n) is 6.20. The minimum atomic E-state index is -0.0960. The van der Waals surface area contributed by atoms with E-state index in [-0.39, 0.29) is 5.91 Å². The molecule has 19 heavy (non-hydrogen) atoms. The Morgan fingerprint density at radius 3 is 2.16 bits per heavy atom. The number of nitrogen functional groups attached to an aromatic ring is 1. The first-order valence-corrected chi connectivity index (χ1v) is 6.20. The smallest absolute Gasteiger partial charge is 0.260 e. The second-order valence-electron chi connectivity index (χ2n) is 4.79. The first-order chi connectivity index (χ1) is 8.99. The Bertz CT molecular complexity index is 603. The molecule has 0 spiro atoms. The van der Waals surface area contributed by atoms with E-state index >= 15 is 0 Å². The number of nitrogens with two attached hydrogens (primary N) is 1. The summed E-state index contributed by atoms with van der Waals surface area (Å²) in [5, 5.41) is 0. The molecule has 2 rings (SSSR count). The number of hydrogen-bond acceptors (Lipinski definition) is 2. The number of benzene rings is 2. The van der Waals surface area contributed by atoms with Crippen LogP contribution in [0, 0.1) is 13.8 Å². The monoisotopic (exact) mass is 254 g/mol. The van der Waals surface area contributed by atoms with Gasteiger partial charge >= 0.3 is 0 Å². The predicted molar refractivity (Wildman–Crippen MR) is 79.5 cm³/mol. The molecule has 0 bridgehead atoms. The number of aryl methyl sites for hydroxylation is 2. The van der Waals surface area contributed by atoms with Gasteiger partial charge in [0.1, 0.15) is 0 Å². The van der Waals surface area contributed by atoms with Crippen LogP contribution < -0.4 is 10.6 Å². The van der Waals surface area contributed by atoms with Gasteiger partial charge in [-0.3, -0.25) is 4.79 Å². The van der Waals surface area contributed by atoms with Crippen molar-refractivity contribution in [3.8, 4) is 0 Å². The molecule has 98 valence electrons. The van der Waals surface area contributed by atoms with Gasteiger partial charge in [-0.2, -0.15) is 0 Å². The molecule has 0 aliphatic heterocycles. The zero-order valence-corrected chi connectivity index (χ0v) is 11.5. The molecular weight excluding hydrogens is 236 g/mol. The predicted octanol–water partition coefficient (Wildman–Crippen LogP) is 3.16. The largest absolute Gasteiger partial charge is 0.398 e. The second-order valence-corrected chi connectivity index (χ2v) is 4.79. The molecule has 0 aromatic heterocycles. The molecule has 0 aliphatic rings. The Balaban J connectivity index is 2.30. The van der Waals surface area contributed by atoms with Gasteiger partial charge in [-0.25, -0.2) is 0 Å². The van der Waals surface area contributed by atoms with Crippen LogP contribution in [0.2, 0.25) is 0 Å². The van der Waals surface area contributed by atoms with Crippen LogP contribution in [0.1, 0.15) is 21.5 Å². The van der Waals surface area contributed by atoms with Crippen LogP contribution in [0.25, 0.3) is 0 Å². The van der Waals surface area contributed by atoms with Crippen molar-refractivity contribution in [2.45, 2.75) is 13.8 Å². The maximum Gasteiger partial charge on any atom is 0.260 e. The van der Waals surface area contributed by atoms with Crippen molar-refractivity contribution in [1.29, 1.82) is 0 Å². The van der Waals surface area contributed by atoms with E-state index in [1.165, 1.54) is 5.56 Å². The molecule has 0 saturated carbocycles. The van der Waals surface area contributed by atoms with Crippen molar-refractivity contribution < 1.29 is 4.79 Å². The van der Waals surface area contributed by atoms with Crippen LogP contribution in [-0.2, 0) is 0 Å². The molecule has 2 aromatic rings. The van der Waals surface area contributed by atoms with E-state index in [1.54, 1.807) is 18.0 Å². The lowest BCUT2D eigenvalue weighted by atomic mass is 10.1. The molecule has 2 N–H and O–H groups in total. The average Bonchev–Trinajstić information content (AvgIpc) is 2.38. The number of carbonyl (C=O) groups is 1. The van der Waals surface area contributed by atoms with Gasteiger partial charge < -0.3 is 10.6 Å². The maximum atomic E-state index is 12.4. The fraction of sp³-hybridized carbons (Fsp3) is 0.188. The van der Waals surface area contributed by atoms with E-state index in [9.17, 15) is 4.79 Å². The van der Waals surface area contributed by atoms with Crippen LogP contribution >= 0.6 is 0 Å². The third kappa shape index (κ3) is 2.76. The number of carbonyl (C=O) groups excluding carboxylic acids is 1. The molecule has 3 nitrogen and oxygen atoms in total. The Kier molecular flexibility index (Phi) is 3.56. The van der Waals surface area contributed by atoms with Gasteiger partial charge in [0.15, 0.2) is 0 Å². The van der Waals surface area contributed by atoms with E-state index in [0.717, 1.165) is 11.3 Å². The Labute approximate surface area is 113 Å². The van der Waals surface area contributed by atoms with Gasteiger partial charge in [0, 0.05) is 18.4 Å². The van der Waals surface area contributed by atoms with Crippen molar-refractivity contribution in [3.05, 3.63) is 59.2 Å². The zero-order valence-electron chi connectivity index (χ0n) is 11.5. The van der Waals surface area contributed by atoms with Gasteiger partial charge in [-0.1, -0.05) is 23.8 Å². The third-order valence-electron chi connectivity index (χ3n) is 3.16. The lowest BCUT2D eigenvalue weighted by Crippen LogP contribution is -2.27. The molecule has 0 atom stereocenters. The third-order valence-corrected chi connectivity index (χ3v) is 3.16. The normalized spacial score (nSPS) is 10.3. The van der Waals surface area contributed by atoms with Crippen LogP contribution in [-0.4, -0.2) is 13.0 Å². The molecular formula is C16H18N2O. The fourth-order valence-electron chi connectivity index (χ4n) is 1.94. The van der Waals surface area contributed by atoms with Gasteiger partial charge in [-0.15, -0.1) is 0 Å². The fourth-order valence-corrected chi connectivity index (χ4v) is 1.94. The van der Waals surface area contributed by atoms with Crippen molar-refractivity contribution in [2.75, 3.05) is 17.7 Å². The summed E-state index contributed by atoms with van der Waals surface area (Å²) in [6, 6.07) is 13.3. The van der Waals surface area contributed by atoms with Gasteiger partial charge in [0.25, 0.3) is 5.91 Å². The number of amides is 1. The highest BCUT2D eigenvalue weighted by Crippen LogP contribution is 2.20. The molecule has 0 fully saturated rings. The highest BCUT2D eigenvalue weighted by molar-refractivity contribution is 6.09. The quantitative estimate of drug-likeness (QED) is 0.837. The Morgan fingerprint density at radius 2 is 1.58 bits per heavy atom. The Hall–Kier alpha value is -2.29. The summed E-state index contributed by atoms with van der Waals surface area (Å²) in [7, 11) is 1.76. The molecule has 0 unspecified atom stereocenters. The summed E-state index contributed by atoms with van der Waals surface area (Å²) in [4.78, 5) is 14.0. The second kappa shape index (κ2) is 5.14. The van der Waals surface area contributed by atoms with Crippen LogP contribution in [0.5, 0.6) is 0 Å². The summed E-state index contributed by atoms with van der Waals surface area (Å²) in [5.74, 6) is -0.0960. The molecule has 2 aromatic carbocycles. The van der Waals surface area contributed by atoms with E-state index in [2.05, 4.69) is 0 Å². The number of rotatable bonds is 2. The summed E-state index contributed by atoms with van der Waals surface area (Å²) in [5.41, 5.74) is 10.0. The minimum Gasteiger partial charge on any atom is -0.398 e. The van der Waals surface area contributed by atoms with Crippen molar-refractivity contribution in [1.82, 2.24) is 0 Å². The van der Waals surface area contributed by atoms with E-state index in [0.29, 0.717) is 11.3 Å². The molecule has 0 aliphatic carbocycles. The van der Waals surface area contributed by atoms with E-state index in [4.69, 9.17) is 5.73 Å². The lowest BCUT2D eigenvalue weighted by Gasteiger charge is -2.18. The van der Waals surface area contributed by atoms with Crippen LogP contribution in [0.15, 0.2) is 42.5 Å². The summed E-state index contributed by atoms with van der Waals surface area (Å²) in [6.07, 6.45) is 0. The summed E-state index contributed by atoms with van der Waals surface area (Å²) < 4.78 is 0. The van der Waals surface area contributed by atoms with Gasteiger partial charge in [0.05, 0.1) is 5.56 Å². The lowest BCUT2D eigenvalue weighted by molar-refractivity contribution is 0.0994. The number of nitrogens with zero attached hydrogens (tertiary/aromatic N) is 1. The molecule has 0 heterocycles. The summed E-state index contributed by atoms with van der Waals surface area (Å²) in [6.45, 7) is 3.97. The summed E-state index contributed by atoms with van der Waals surface area (Å²) >= 11 is 0. The number of hydrogen-bond donors (Lipinski definition) is 1. The van der Waals surface area contributed by atoms with Crippen molar-refractivity contribution in [2.24, 2.45) is 0 Å². The SMILES string of the molecule is Cc1ccc(N(C)C(=O)c2ccc(C)cc2N)cc1. The van der Waals surface area contributed by atoms with E-state index < -0.39 is 0 Å². The molecule has 1 amide bonds. The molecule has 0 radical (unpaired) electrons. The standard InChI is InChI=1S/C16H18N2O/c1-11-4-7-13(8-5-11)18(3)16(19)14-9-6-12(2)10-15(14)17/h4-10H,17H2,1-3H3. The van der Waals surface area contributed by atoms with E-state index in [1.807, 2.05) is 50.2 Å². The highest BCUT2D eigenvalue weighted by Gasteiger charge is 2.15. The highest BCUT2D eigenvalue weighted by atomic mass is 16.2. The van der Waals surface area contributed by atoms with Gasteiger partial charge in [0.2, 0.25) is 0 Å². The topological polar surface area (TPSA) is 46.3 Å².